The topological polar surface area (TPSA) is 103 Å². The number of nitro groups is 2. The number of rotatable bonds is 17. The molecule has 0 fully saturated rings. The summed E-state index contributed by atoms with van der Waals surface area (Å²) in [5.74, 6) is 0. The maximum absolute atomic E-state index is 11.1. The van der Waals surface area contributed by atoms with Crippen LogP contribution in [0.1, 0.15) is 84.0 Å². The van der Waals surface area contributed by atoms with Crippen molar-refractivity contribution in [3.63, 3.8) is 0 Å². The Hall–Kier alpha value is -2.31. The molecule has 27 heavy (non-hydrogen) atoms. The van der Waals surface area contributed by atoms with E-state index >= 15 is 0 Å². The molecule has 0 rings (SSSR count). The average Bonchev–Trinajstić information content (AvgIpc) is 2.63. The van der Waals surface area contributed by atoms with Crippen LogP contribution in [0.2, 0.25) is 0 Å². The van der Waals surface area contributed by atoms with Crippen molar-refractivity contribution in [2.75, 3.05) is 0 Å². The van der Waals surface area contributed by atoms with Gasteiger partial charge in [-0.25, -0.2) is 0 Å². The summed E-state index contributed by atoms with van der Waals surface area (Å²) in [6, 6.07) is 0. The summed E-state index contributed by atoms with van der Waals surface area (Å²) in [5, 5.41) is 22.2. The van der Waals surface area contributed by atoms with E-state index in [1.807, 2.05) is 12.4 Å². The lowest BCUT2D eigenvalue weighted by Gasteiger charge is -1.99. The fourth-order valence-corrected chi connectivity index (χ4v) is 2.52. The van der Waals surface area contributed by atoms with Crippen molar-refractivity contribution >= 4 is 6.29 Å². The second kappa shape index (κ2) is 17.1. The van der Waals surface area contributed by atoms with Gasteiger partial charge in [-0.3, -0.25) is 25.0 Å². The van der Waals surface area contributed by atoms with Gasteiger partial charge in [-0.2, -0.15) is 0 Å². The number of carbonyl (C=O) groups excluding carboxylic acids is 1. The van der Waals surface area contributed by atoms with Crippen LogP contribution < -0.4 is 0 Å². The Morgan fingerprint density at radius 2 is 1.56 bits per heavy atom. The minimum Gasteiger partial charge on any atom is -0.291 e. The summed E-state index contributed by atoms with van der Waals surface area (Å²) in [4.78, 5) is 31.4. The van der Waals surface area contributed by atoms with Crippen molar-refractivity contribution in [1.29, 1.82) is 0 Å². The average molecular weight is 379 g/mol. The molecule has 0 saturated carbocycles. The Bertz CT molecular complexity index is 538. The fourth-order valence-electron chi connectivity index (χ4n) is 2.52. The molecule has 0 aromatic heterocycles. The lowest BCUT2D eigenvalue weighted by Crippen LogP contribution is -2.00. The van der Waals surface area contributed by atoms with Crippen molar-refractivity contribution in [1.82, 2.24) is 0 Å². The second-order valence-electron chi connectivity index (χ2n) is 6.37. The molecule has 0 N–H and O–H groups in total. The largest absolute Gasteiger partial charge is 0.291 e. The van der Waals surface area contributed by atoms with E-state index in [1.165, 1.54) is 12.2 Å². The zero-order valence-electron chi connectivity index (χ0n) is 16.2. The van der Waals surface area contributed by atoms with E-state index in [9.17, 15) is 25.0 Å². The Balaban J connectivity index is 4.48. The lowest BCUT2D eigenvalue weighted by atomic mass is 10.1. The van der Waals surface area contributed by atoms with Gasteiger partial charge in [0.1, 0.15) is 0 Å². The molecule has 0 aromatic rings. The quantitative estimate of drug-likeness (QED) is 0.140. The minimum atomic E-state index is -0.430. The first-order valence-electron chi connectivity index (χ1n) is 9.69. The summed E-state index contributed by atoms with van der Waals surface area (Å²) in [5.41, 5.74) is 0.150. The molecule has 0 atom stereocenters. The van der Waals surface area contributed by atoms with Crippen LogP contribution >= 0.6 is 0 Å². The summed E-state index contributed by atoms with van der Waals surface area (Å²) >= 11 is 0. The monoisotopic (exact) mass is 379 g/mol. The predicted molar refractivity (Wildman–Crippen MR) is 106 cm³/mol. The Morgan fingerprint density at radius 1 is 0.889 bits per heavy atom. The molecule has 0 amide bonds. The van der Waals surface area contributed by atoms with Gasteiger partial charge in [0.15, 0.2) is 6.29 Å². The molecule has 0 aliphatic rings. The third-order valence-electron chi connectivity index (χ3n) is 4.11. The fraction of sp³-hybridized carbons (Fsp3) is 0.650. The van der Waals surface area contributed by atoms with Crippen molar-refractivity contribution in [3.8, 4) is 0 Å². The number of hydrogen-bond acceptors (Lipinski definition) is 5. The van der Waals surface area contributed by atoms with Gasteiger partial charge < -0.3 is 0 Å². The second-order valence-corrected chi connectivity index (χ2v) is 6.37. The van der Waals surface area contributed by atoms with Crippen LogP contribution in [0.5, 0.6) is 0 Å². The molecule has 7 heteroatoms. The summed E-state index contributed by atoms with van der Waals surface area (Å²) < 4.78 is 0. The number of hydrogen-bond donors (Lipinski definition) is 0. The van der Waals surface area contributed by atoms with Crippen LogP contribution in [0.25, 0.3) is 0 Å². The lowest BCUT2D eigenvalue weighted by molar-refractivity contribution is -0.428. The first kappa shape index (κ1) is 24.7. The van der Waals surface area contributed by atoms with Crippen molar-refractivity contribution in [3.05, 3.63) is 55.9 Å². The smallest absolute Gasteiger partial charge is 0.246 e. The van der Waals surface area contributed by atoms with Gasteiger partial charge in [0, 0.05) is 12.8 Å². The molecule has 0 aliphatic carbocycles. The Kier molecular flexibility index (Phi) is 15.7. The molecule has 1 radical (unpaired) electrons. The van der Waals surface area contributed by atoms with Gasteiger partial charge in [0.05, 0.1) is 16.3 Å². The SMILES string of the molecule is CCCCC/C=C/C/C(=C/C/C=C(/CCCCCC[C]=O)[N+](=O)[O-])[N+](=O)[O-]. The van der Waals surface area contributed by atoms with Crippen LogP contribution in [0.15, 0.2) is 35.7 Å². The molecule has 0 unspecified atom stereocenters. The highest BCUT2D eigenvalue weighted by atomic mass is 16.6. The van der Waals surface area contributed by atoms with Crippen molar-refractivity contribution in [2.45, 2.75) is 84.0 Å². The van der Waals surface area contributed by atoms with Crippen LogP contribution in [-0.2, 0) is 4.79 Å². The highest BCUT2D eigenvalue weighted by Crippen LogP contribution is 2.14. The Morgan fingerprint density at radius 3 is 2.19 bits per heavy atom. The zero-order valence-corrected chi connectivity index (χ0v) is 16.2. The van der Waals surface area contributed by atoms with E-state index < -0.39 is 9.85 Å². The van der Waals surface area contributed by atoms with E-state index in [1.54, 1.807) is 6.08 Å². The van der Waals surface area contributed by atoms with E-state index in [0.29, 0.717) is 19.3 Å². The van der Waals surface area contributed by atoms with E-state index in [0.717, 1.165) is 44.9 Å². The molecular formula is C20H31N2O5. The summed E-state index contributed by atoms with van der Waals surface area (Å²) in [6.45, 7) is 2.12. The molecule has 151 valence electrons. The molecule has 7 nitrogen and oxygen atoms in total. The highest BCUT2D eigenvalue weighted by Gasteiger charge is 2.11. The molecule has 0 aliphatic heterocycles. The van der Waals surface area contributed by atoms with Gasteiger partial charge in [-0.05, 0) is 44.3 Å². The third kappa shape index (κ3) is 14.5. The van der Waals surface area contributed by atoms with Crippen LogP contribution in [-0.4, -0.2) is 16.1 Å². The molecule has 0 bridgehead atoms. The first-order valence-corrected chi connectivity index (χ1v) is 9.69. The van der Waals surface area contributed by atoms with Gasteiger partial charge in [0.25, 0.3) is 0 Å². The molecular weight excluding hydrogens is 348 g/mol. The van der Waals surface area contributed by atoms with Crippen molar-refractivity contribution in [2.24, 2.45) is 0 Å². The molecule has 0 spiro atoms. The zero-order chi connectivity index (χ0) is 20.3. The first-order chi connectivity index (χ1) is 13.0. The van der Waals surface area contributed by atoms with Gasteiger partial charge in [-0.1, -0.05) is 44.8 Å². The minimum absolute atomic E-state index is 0.0609. The van der Waals surface area contributed by atoms with Crippen molar-refractivity contribution < 1.29 is 14.6 Å². The van der Waals surface area contributed by atoms with E-state index in [-0.39, 0.29) is 24.2 Å². The van der Waals surface area contributed by atoms with Crippen LogP contribution in [0, 0.1) is 20.2 Å². The van der Waals surface area contributed by atoms with Gasteiger partial charge >= 0.3 is 0 Å². The predicted octanol–water partition coefficient (Wildman–Crippen LogP) is 5.67. The number of unbranched alkanes of at least 4 members (excludes halogenated alkanes) is 7. The molecule has 0 aromatic carbocycles. The van der Waals surface area contributed by atoms with Gasteiger partial charge in [-0.15, -0.1) is 0 Å². The standard InChI is InChI=1S/C20H31N2O5/c1-2-3-4-5-7-10-14-19(21(24)25)16-13-17-20(22(26)27)15-11-8-6-9-12-18-23/h7,10,16-17H,2-6,8-9,11-15H2,1H3/b10-7+,19-16-,20-17-. The number of nitrogens with zero attached hydrogens (tertiary/aromatic N) is 2. The Labute approximate surface area is 161 Å². The normalized spacial score (nSPS) is 12.5. The summed E-state index contributed by atoms with van der Waals surface area (Å²) in [7, 11) is 0. The maximum Gasteiger partial charge on any atom is 0.246 e. The summed E-state index contributed by atoms with van der Waals surface area (Å²) in [6.07, 6.45) is 16.9. The molecule has 0 saturated heterocycles. The molecule has 0 heterocycles. The number of allylic oxidation sites excluding steroid dienone is 5. The third-order valence-corrected chi connectivity index (χ3v) is 4.11. The van der Waals surface area contributed by atoms with Gasteiger partial charge in [0.2, 0.25) is 11.4 Å². The maximum atomic E-state index is 11.1. The van der Waals surface area contributed by atoms with E-state index in [4.69, 9.17) is 0 Å². The highest BCUT2D eigenvalue weighted by molar-refractivity contribution is 5.50. The van der Waals surface area contributed by atoms with E-state index in [2.05, 4.69) is 6.92 Å². The van der Waals surface area contributed by atoms with Crippen LogP contribution in [0.3, 0.4) is 0 Å². The van der Waals surface area contributed by atoms with Crippen LogP contribution in [0.4, 0.5) is 0 Å².